The van der Waals surface area contributed by atoms with Crippen LogP contribution in [-0.4, -0.2) is 75.5 Å². The molecule has 34 heavy (non-hydrogen) atoms. The number of thiophene rings is 1. The van der Waals surface area contributed by atoms with Crippen LogP contribution in [0.25, 0.3) is 0 Å². The minimum atomic E-state index is -3.62. The molecule has 11 heteroatoms. The Bertz CT molecular complexity index is 1230. The van der Waals surface area contributed by atoms with Crippen molar-refractivity contribution in [3.63, 3.8) is 0 Å². The van der Waals surface area contributed by atoms with E-state index in [0.717, 1.165) is 16.7 Å². The highest BCUT2D eigenvalue weighted by molar-refractivity contribution is 7.91. The maximum Gasteiger partial charge on any atom is 0.252 e. The number of aryl methyl sites for hydroxylation is 3. The van der Waals surface area contributed by atoms with Gasteiger partial charge in [0.25, 0.3) is 10.0 Å². The van der Waals surface area contributed by atoms with E-state index in [1.54, 1.807) is 22.4 Å². The summed E-state index contributed by atoms with van der Waals surface area (Å²) in [5.74, 6) is -0.250. The zero-order valence-electron chi connectivity index (χ0n) is 19.7. The molecule has 3 heterocycles. The van der Waals surface area contributed by atoms with Crippen molar-refractivity contribution in [3.8, 4) is 0 Å². The van der Waals surface area contributed by atoms with E-state index >= 15 is 0 Å². The molecule has 1 amide bonds. The van der Waals surface area contributed by atoms with Gasteiger partial charge in [-0.05, 0) is 56.2 Å². The normalized spacial score (nSPS) is 19.4. The van der Waals surface area contributed by atoms with Crippen LogP contribution in [0.5, 0.6) is 0 Å². The van der Waals surface area contributed by atoms with Crippen molar-refractivity contribution in [1.29, 1.82) is 0 Å². The molecule has 0 bridgehead atoms. The Hall–Kier alpha value is -1.79. The van der Waals surface area contributed by atoms with E-state index in [4.69, 9.17) is 0 Å². The van der Waals surface area contributed by atoms with Crippen LogP contribution in [-0.2, 0) is 24.8 Å². The second kappa shape index (κ2) is 9.69. The first-order chi connectivity index (χ1) is 16.0. The van der Waals surface area contributed by atoms with Gasteiger partial charge in [-0.2, -0.15) is 8.61 Å². The molecule has 2 saturated heterocycles. The molecule has 8 nitrogen and oxygen atoms in total. The van der Waals surface area contributed by atoms with E-state index in [0.29, 0.717) is 48.1 Å². The summed E-state index contributed by atoms with van der Waals surface area (Å²) in [6.45, 7) is 7.44. The Labute approximate surface area is 206 Å². The van der Waals surface area contributed by atoms with E-state index in [1.165, 1.54) is 19.9 Å². The smallest absolute Gasteiger partial charge is 0.252 e. The lowest BCUT2D eigenvalue weighted by Gasteiger charge is -2.37. The minimum absolute atomic E-state index is 0.00656. The molecule has 0 saturated carbocycles. The molecule has 0 spiro atoms. The average Bonchev–Trinajstić information content (AvgIpc) is 3.34. The Morgan fingerprint density at radius 3 is 1.94 bits per heavy atom. The predicted molar refractivity (Wildman–Crippen MR) is 132 cm³/mol. The number of carbonyl (C=O) groups is 1. The van der Waals surface area contributed by atoms with Crippen molar-refractivity contribution in [3.05, 3.63) is 46.3 Å². The quantitative estimate of drug-likeness (QED) is 0.598. The highest BCUT2D eigenvalue weighted by atomic mass is 32.2. The average molecular weight is 526 g/mol. The van der Waals surface area contributed by atoms with Crippen LogP contribution in [0.1, 0.15) is 29.5 Å². The zero-order chi connectivity index (χ0) is 24.7. The summed E-state index contributed by atoms with van der Waals surface area (Å²) < 4.78 is 55.3. The summed E-state index contributed by atoms with van der Waals surface area (Å²) in [6.07, 6.45) is 0.936. The van der Waals surface area contributed by atoms with Gasteiger partial charge in [-0.25, -0.2) is 16.8 Å². The number of piperazine rings is 1. The summed E-state index contributed by atoms with van der Waals surface area (Å²) in [5.41, 5.74) is 2.51. The summed E-state index contributed by atoms with van der Waals surface area (Å²) in [7, 11) is -7.14. The van der Waals surface area contributed by atoms with Gasteiger partial charge < -0.3 is 4.90 Å². The number of hydrogen-bond donors (Lipinski definition) is 0. The molecule has 1 aromatic carbocycles. The lowest BCUT2D eigenvalue weighted by molar-refractivity contribution is -0.137. The molecular formula is C23H31N3O5S3. The standard InChI is InChI=1S/C23H31N3O5S3/c1-17-15-18(2)22(19(3)16-17)34(30,31)25-8-6-20(7-9-25)23(27)24-10-12-26(13-11-24)33(28,29)21-5-4-14-32-21/h4-5,14-16,20H,6-13H2,1-3H3. The molecule has 0 N–H and O–H groups in total. The highest BCUT2D eigenvalue weighted by Gasteiger charge is 2.37. The topological polar surface area (TPSA) is 95.1 Å². The van der Waals surface area contributed by atoms with Crippen LogP contribution in [0.2, 0.25) is 0 Å². The maximum atomic E-state index is 13.3. The third-order valence-corrected chi connectivity index (χ3v) is 12.1. The van der Waals surface area contributed by atoms with Crippen molar-refractivity contribution >= 4 is 37.3 Å². The van der Waals surface area contributed by atoms with Crippen LogP contribution in [0.4, 0.5) is 0 Å². The summed E-state index contributed by atoms with van der Waals surface area (Å²) in [4.78, 5) is 15.2. The molecule has 2 aromatic rings. The first-order valence-electron chi connectivity index (χ1n) is 11.4. The van der Waals surface area contributed by atoms with Crippen molar-refractivity contribution in [1.82, 2.24) is 13.5 Å². The molecule has 0 radical (unpaired) electrons. The van der Waals surface area contributed by atoms with Crippen LogP contribution >= 0.6 is 11.3 Å². The Balaban J connectivity index is 1.36. The van der Waals surface area contributed by atoms with Gasteiger partial charge in [-0.15, -0.1) is 11.3 Å². The van der Waals surface area contributed by atoms with Gasteiger partial charge in [0, 0.05) is 45.2 Å². The first kappa shape index (κ1) is 25.3. The van der Waals surface area contributed by atoms with Gasteiger partial charge in [0.2, 0.25) is 15.9 Å². The Morgan fingerprint density at radius 1 is 0.853 bits per heavy atom. The number of rotatable bonds is 5. The minimum Gasteiger partial charge on any atom is -0.340 e. The molecule has 0 aliphatic carbocycles. The molecule has 186 valence electrons. The molecule has 2 aliphatic heterocycles. The number of piperidine rings is 1. The number of benzene rings is 1. The van der Waals surface area contributed by atoms with Gasteiger partial charge in [-0.3, -0.25) is 4.79 Å². The molecule has 2 fully saturated rings. The zero-order valence-corrected chi connectivity index (χ0v) is 22.2. The van der Waals surface area contributed by atoms with Crippen molar-refractivity contribution in [2.75, 3.05) is 39.3 Å². The molecule has 2 aliphatic rings. The lowest BCUT2D eigenvalue weighted by atomic mass is 9.96. The van der Waals surface area contributed by atoms with Crippen LogP contribution in [0.3, 0.4) is 0 Å². The van der Waals surface area contributed by atoms with E-state index in [1.807, 2.05) is 32.9 Å². The summed E-state index contributed by atoms with van der Waals surface area (Å²) in [6, 6.07) is 7.08. The third kappa shape index (κ3) is 4.81. The monoisotopic (exact) mass is 525 g/mol. The van der Waals surface area contributed by atoms with Crippen molar-refractivity contribution in [2.45, 2.75) is 42.7 Å². The lowest BCUT2D eigenvalue weighted by Crippen LogP contribution is -2.53. The van der Waals surface area contributed by atoms with Gasteiger partial charge in [0.15, 0.2) is 0 Å². The SMILES string of the molecule is Cc1cc(C)c(S(=O)(=O)N2CCC(C(=O)N3CCN(S(=O)(=O)c4cccs4)CC3)CC2)c(C)c1. The second-order valence-corrected chi connectivity index (χ2v) is 14.1. The first-order valence-corrected chi connectivity index (χ1v) is 15.2. The summed E-state index contributed by atoms with van der Waals surface area (Å²) >= 11 is 1.19. The van der Waals surface area contributed by atoms with E-state index in [2.05, 4.69) is 0 Å². The van der Waals surface area contributed by atoms with E-state index in [9.17, 15) is 21.6 Å². The second-order valence-electron chi connectivity index (χ2n) is 9.07. The van der Waals surface area contributed by atoms with Gasteiger partial charge in [-0.1, -0.05) is 23.8 Å². The molecule has 1 aromatic heterocycles. The maximum absolute atomic E-state index is 13.3. The number of carbonyl (C=O) groups excluding carboxylic acids is 1. The number of amides is 1. The fourth-order valence-corrected chi connectivity index (χ4v) is 9.44. The van der Waals surface area contributed by atoms with Gasteiger partial charge >= 0.3 is 0 Å². The van der Waals surface area contributed by atoms with Crippen molar-refractivity contribution in [2.24, 2.45) is 5.92 Å². The number of nitrogens with zero attached hydrogens (tertiary/aromatic N) is 3. The largest absolute Gasteiger partial charge is 0.340 e. The van der Waals surface area contributed by atoms with Crippen molar-refractivity contribution < 1.29 is 21.6 Å². The fraction of sp³-hybridized carbons (Fsp3) is 0.522. The highest BCUT2D eigenvalue weighted by Crippen LogP contribution is 2.30. The molecule has 0 atom stereocenters. The Kier molecular flexibility index (Phi) is 7.21. The van der Waals surface area contributed by atoms with Crippen LogP contribution in [0, 0.1) is 26.7 Å². The number of hydrogen-bond acceptors (Lipinski definition) is 6. The molecule has 0 unspecified atom stereocenters. The van der Waals surface area contributed by atoms with Crippen LogP contribution in [0.15, 0.2) is 38.8 Å². The molecule has 4 rings (SSSR count). The van der Waals surface area contributed by atoms with Gasteiger partial charge in [0.05, 0.1) is 4.90 Å². The van der Waals surface area contributed by atoms with Crippen LogP contribution < -0.4 is 0 Å². The third-order valence-electron chi connectivity index (χ3n) is 6.65. The van der Waals surface area contributed by atoms with Gasteiger partial charge in [0.1, 0.15) is 4.21 Å². The number of sulfonamides is 2. The summed E-state index contributed by atoms with van der Waals surface area (Å²) in [5, 5.41) is 1.74. The van der Waals surface area contributed by atoms with E-state index in [-0.39, 0.29) is 24.9 Å². The fourth-order valence-electron chi connectivity index (χ4n) is 4.99. The Morgan fingerprint density at radius 2 is 1.41 bits per heavy atom. The predicted octanol–water partition coefficient (Wildman–Crippen LogP) is 2.61. The molecular weight excluding hydrogens is 494 g/mol. The van der Waals surface area contributed by atoms with E-state index < -0.39 is 20.0 Å².